The van der Waals surface area contributed by atoms with Crippen LogP contribution in [0.15, 0.2) is 16.8 Å². The van der Waals surface area contributed by atoms with Gasteiger partial charge >= 0.3 is 7.60 Å². The molecule has 0 aliphatic heterocycles. The molecule has 0 rings (SSSR count). The van der Waals surface area contributed by atoms with Gasteiger partial charge in [-0.25, -0.2) is 0 Å². The van der Waals surface area contributed by atoms with Gasteiger partial charge in [0.05, 0.1) is 0 Å². The highest BCUT2D eigenvalue weighted by atomic mass is 31.2. The molecule has 0 fully saturated rings. The minimum atomic E-state index is -4.71. The van der Waals surface area contributed by atoms with E-state index in [9.17, 15) is 14.7 Å². The Kier molecular flexibility index (Phi) is 5.29. The zero-order valence-electron chi connectivity index (χ0n) is 8.77. The Hall–Kier alpha value is -1.24. The second-order valence-corrected chi connectivity index (χ2v) is 4.58. The summed E-state index contributed by atoms with van der Waals surface area (Å²) in [6, 6.07) is -1.09. The Labute approximate surface area is 91.6 Å². The molecule has 0 aromatic heterocycles. The Balaban J connectivity index is 5.25. The highest BCUT2D eigenvalue weighted by molar-refractivity contribution is 7.71. The lowest BCUT2D eigenvalue weighted by molar-refractivity contribution is -0.507. The molecular weight excluding hydrogens is 239 g/mol. The molecule has 3 N–H and O–H groups in total. The second-order valence-electron chi connectivity index (χ2n) is 3.04. The van der Waals surface area contributed by atoms with Gasteiger partial charge in [-0.1, -0.05) is 12.1 Å². The van der Waals surface area contributed by atoms with Gasteiger partial charge in [-0.3, -0.25) is 14.7 Å². The van der Waals surface area contributed by atoms with Gasteiger partial charge in [-0.05, 0) is 12.5 Å². The Bertz CT molecular complexity index is 371. The summed E-state index contributed by atoms with van der Waals surface area (Å²) in [6.45, 7) is 2.88. The van der Waals surface area contributed by atoms with Crippen LogP contribution < -0.4 is 0 Å². The van der Waals surface area contributed by atoms with Crippen molar-refractivity contribution in [2.24, 2.45) is 5.16 Å². The molecule has 0 radical (unpaired) electrons. The number of hydrogen-bond donors (Lipinski definition) is 3. The topological polar surface area (TPSA) is 133 Å². The van der Waals surface area contributed by atoms with E-state index >= 15 is 0 Å². The summed E-state index contributed by atoms with van der Waals surface area (Å²) in [4.78, 5) is 27.4. The molecule has 0 saturated carbocycles. The Morgan fingerprint density at radius 3 is 2.38 bits per heavy atom. The molecule has 8 nitrogen and oxygen atoms in total. The zero-order valence-corrected chi connectivity index (χ0v) is 9.66. The number of allylic oxidation sites excluding steroid dienone is 1. The molecule has 0 aliphatic rings. The predicted octanol–water partition coefficient (Wildman–Crippen LogP) is 0.953. The largest absolute Gasteiger partial charge is 0.410 e. The fraction of sp³-hybridized carbons (Fsp3) is 0.571. The van der Waals surface area contributed by atoms with Gasteiger partial charge in [-0.2, -0.15) is 0 Å². The summed E-state index contributed by atoms with van der Waals surface area (Å²) in [5.41, 5.74) is -0.709. The maximum Gasteiger partial charge on any atom is 0.377 e. The Morgan fingerprint density at radius 2 is 2.12 bits per heavy atom. The monoisotopic (exact) mass is 252 g/mol. The van der Waals surface area contributed by atoms with Gasteiger partial charge in [-0.15, -0.1) is 0 Å². The van der Waals surface area contributed by atoms with E-state index in [0.717, 1.165) is 6.08 Å². The normalized spacial score (nSPS) is 16.0. The lowest BCUT2D eigenvalue weighted by Gasteiger charge is -2.08. The lowest BCUT2D eigenvalue weighted by Crippen LogP contribution is -2.18. The van der Waals surface area contributed by atoms with E-state index in [2.05, 4.69) is 5.16 Å². The third-order valence-electron chi connectivity index (χ3n) is 1.98. The van der Waals surface area contributed by atoms with Crippen LogP contribution in [0.1, 0.15) is 20.3 Å². The van der Waals surface area contributed by atoms with Gasteiger partial charge in [0.25, 0.3) is 0 Å². The third kappa shape index (κ3) is 4.09. The van der Waals surface area contributed by atoms with Crippen LogP contribution in [-0.4, -0.2) is 31.4 Å². The zero-order chi connectivity index (χ0) is 12.9. The minimum Gasteiger partial charge on any atom is -0.410 e. The molecular formula is C7H13N2O6P. The molecule has 1 atom stereocenters. The molecule has 0 spiro atoms. The van der Waals surface area contributed by atoms with Crippen LogP contribution >= 0.6 is 7.60 Å². The molecule has 1 unspecified atom stereocenters. The predicted molar refractivity (Wildman–Crippen MR) is 56.1 cm³/mol. The van der Waals surface area contributed by atoms with Gasteiger partial charge in [0.15, 0.2) is 5.45 Å². The first-order valence-corrected chi connectivity index (χ1v) is 5.97. The van der Waals surface area contributed by atoms with Crippen molar-refractivity contribution in [1.82, 2.24) is 0 Å². The van der Waals surface area contributed by atoms with Crippen molar-refractivity contribution in [3.8, 4) is 0 Å². The average Bonchev–Trinajstić information content (AvgIpc) is 2.16. The van der Waals surface area contributed by atoms with Crippen LogP contribution in [0.2, 0.25) is 0 Å². The third-order valence-corrected chi connectivity index (χ3v) is 2.79. The average molecular weight is 252 g/mol. The fourth-order valence-electron chi connectivity index (χ4n) is 0.991. The molecule has 0 bridgehead atoms. The molecule has 16 heavy (non-hydrogen) atoms. The van der Waals surface area contributed by atoms with E-state index in [1.165, 1.54) is 6.92 Å². The molecule has 0 heterocycles. The molecule has 0 amide bonds. The second kappa shape index (κ2) is 5.74. The standard InChI is InChI=1S/C7H13N2O6P/c1-3-6(5(2)9(11)12)4-7(8-10)16(13,14)15/h4-5,10H,3H2,1-2H3,(H2,13,14,15). The highest BCUT2D eigenvalue weighted by Crippen LogP contribution is 2.38. The summed E-state index contributed by atoms with van der Waals surface area (Å²) < 4.78 is 10.8. The van der Waals surface area contributed by atoms with Crippen molar-refractivity contribution in [2.75, 3.05) is 0 Å². The quantitative estimate of drug-likeness (QED) is 0.219. The van der Waals surface area contributed by atoms with Crippen molar-refractivity contribution >= 4 is 13.0 Å². The number of hydrogen-bond acceptors (Lipinski definition) is 5. The maximum atomic E-state index is 10.8. The van der Waals surface area contributed by atoms with Crippen LogP contribution in [0.3, 0.4) is 0 Å². The molecule has 92 valence electrons. The number of oxime groups is 1. The van der Waals surface area contributed by atoms with Crippen LogP contribution in [0.4, 0.5) is 0 Å². The van der Waals surface area contributed by atoms with Crippen molar-refractivity contribution in [2.45, 2.75) is 26.3 Å². The summed E-state index contributed by atoms with van der Waals surface area (Å²) in [7, 11) is -4.71. The van der Waals surface area contributed by atoms with E-state index in [1.54, 1.807) is 6.92 Å². The van der Waals surface area contributed by atoms with Crippen molar-refractivity contribution in [3.63, 3.8) is 0 Å². The van der Waals surface area contributed by atoms with E-state index < -0.39 is 24.0 Å². The van der Waals surface area contributed by atoms with Gasteiger partial charge in [0, 0.05) is 17.4 Å². The Morgan fingerprint density at radius 1 is 1.62 bits per heavy atom. The maximum absolute atomic E-state index is 10.8. The summed E-state index contributed by atoms with van der Waals surface area (Å²) in [5, 5.41) is 21.3. The molecule has 0 saturated heterocycles. The van der Waals surface area contributed by atoms with Crippen LogP contribution in [-0.2, 0) is 4.57 Å². The first-order valence-electron chi connectivity index (χ1n) is 4.36. The summed E-state index contributed by atoms with van der Waals surface area (Å²) in [5.74, 6) is 0. The molecule has 0 aromatic rings. The van der Waals surface area contributed by atoms with E-state index in [1.807, 2.05) is 0 Å². The molecule has 0 aromatic carbocycles. The fourth-order valence-corrected chi connectivity index (χ4v) is 1.44. The van der Waals surface area contributed by atoms with Gasteiger partial charge in [0.1, 0.15) is 0 Å². The first-order chi connectivity index (χ1) is 7.23. The number of nitro groups is 1. The van der Waals surface area contributed by atoms with Crippen LogP contribution in [0.25, 0.3) is 0 Å². The van der Waals surface area contributed by atoms with Gasteiger partial charge < -0.3 is 15.0 Å². The highest BCUT2D eigenvalue weighted by Gasteiger charge is 2.25. The van der Waals surface area contributed by atoms with Crippen molar-refractivity contribution in [3.05, 3.63) is 21.8 Å². The van der Waals surface area contributed by atoms with Crippen LogP contribution in [0, 0.1) is 10.1 Å². The summed E-state index contributed by atoms with van der Waals surface area (Å²) in [6.07, 6.45) is 1.08. The van der Waals surface area contributed by atoms with E-state index in [-0.39, 0.29) is 12.0 Å². The molecule has 9 heteroatoms. The molecule has 0 aliphatic carbocycles. The number of rotatable bonds is 5. The van der Waals surface area contributed by atoms with Crippen molar-refractivity contribution < 1.29 is 24.5 Å². The minimum absolute atomic E-state index is 0.168. The number of nitrogens with zero attached hydrogens (tertiary/aromatic N) is 2. The SMILES string of the molecule is CCC(=CC(=NO)P(=O)(O)O)C(C)[N+](=O)[O-]. The van der Waals surface area contributed by atoms with E-state index in [0.29, 0.717) is 0 Å². The first kappa shape index (κ1) is 14.8. The summed E-state index contributed by atoms with van der Waals surface area (Å²) >= 11 is 0. The smallest absolute Gasteiger partial charge is 0.377 e. The van der Waals surface area contributed by atoms with Crippen molar-refractivity contribution in [1.29, 1.82) is 0 Å². The lowest BCUT2D eigenvalue weighted by atomic mass is 10.1. The van der Waals surface area contributed by atoms with E-state index in [4.69, 9.17) is 15.0 Å². The van der Waals surface area contributed by atoms with Crippen LogP contribution in [0.5, 0.6) is 0 Å². The van der Waals surface area contributed by atoms with Gasteiger partial charge in [0.2, 0.25) is 6.04 Å².